The highest BCUT2D eigenvalue weighted by Crippen LogP contribution is 2.33. The summed E-state index contributed by atoms with van der Waals surface area (Å²) in [6.45, 7) is 8.54. The lowest BCUT2D eigenvalue weighted by atomic mass is 9.75. The Balaban J connectivity index is 2.85. The molecule has 0 aromatic carbocycles. The molecule has 0 amide bonds. The average molecular weight is 166 g/mol. The zero-order chi connectivity index (χ0) is 9.35. The first kappa shape index (κ1) is 9.53. The normalized spacial score (nSPS) is 30.2. The molecule has 0 aliphatic heterocycles. The second kappa shape index (κ2) is 3.06. The number of aliphatic hydroxyl groups excluding tert-OH is 1. The summed E-state index contributed by atoms with van der Waals surface area (Å²) in [4.78, 5) is 0. The van der Waals surface area contributed by atoms with Gasteiger partial charge < -0.3 is 5.11 Å². The van der Waals surface area contributed by atoms with E-state index in [2.05, 4.69) is 33.8 Å². The summed E-state index contributed by atoms with van der Waals surface area (Å²) >= 11 is 0. The quantitative estimate of drug-likeness (QED) is 0.586. The van der Waals surface area contributed by atoms with Crippen molar-refractivity contribution in [2.24, 2.45) is 11.3 Å². The molecule has 2 atom stereocenters. The van der Waals surface area contributed by atoms with Gasteiger partial charge in [-0.15, -0.1) is 0 Å². The minimum Gasteiger partial charge on any atom is -0.388 e. The van der Waals surface area contributed by atoms with Crippen molar-refractivity contribution in [1.29, 1.82) is 0 Å². The van der Waals surface area contributed by atoms with Gasteiger partial charge in [-0.2, -0.15) is 0 Å². The highest BCUT2D eigenvalue weighted by Gasteiger charge is 2.29. The maximum atomic E-state index is 9.69. The average Bonchev–Trinajstić information content (AvgIpc) is 1.92. The lowest BCUT2D eigenvalue weighted by Crippen LogP contribution is -2.30. The third-order valence-electron chi connectivity index (χ3n) is 2.37. The van der Waals surface area contributed by atoms with E-state index in [1.54, 1.807) is 0 Å². The van der Waals surface area contributed by atoms with Gasteiger partial charge in [0, 0.05) is 5.92 Å². The van der Waals surface area contributed by atoms with Crippen molar-refractivity contribution in [1.82, 2.24) is 0 Å². The minimum atomic E-state index is -0.311. The van der Waals surface area contributed by atoms with Crippen molar-refractivity contribution < 1.29 is 5.11 Å². The predicted molar refractivity (Wildman–Crippen MR) is 51.8 cm³/mol. The minimum absolute atomic E-state index is 0.144. The standard InChI is InChI=1S/C11H18O/c1-8-5-6-10(12)9(7-8)11(2,3)4/h5-7,9-10,12H,1-4H3. The van der Waals surface area contributed by atoms with Gasteiger partial charge in [-0.05, 0) is 12.3 Å². The molecule has 2 unspecified atom stereocenters. The molecule has 68 valence electrons. The van der Waals surface area contributed by atoms with E-state index in [-0.39, 0.29) is 17.4 Å². The molecule has 0 heterocycles. The van der Waals surface area contributed by atoms with Crippen molar-refractivity contribution >= 4 is 0 Å². The summed E-state index contributed by atoms with van der Waals surface area (Å²) in [5.74, 6) is 0.252. The Morgan fingerprint density at radius 3 is 2.33 bits per heavy atom. The molecule has 0 radical (unpaired) electrons. The smallest absolute Gasteiger partial charge is 0.0791 e. The molecular formula is C11H18O. The molecule has 0 bridgehead atoms. The van der Waals surface area contributed by atoms with Gasteiger partial charge in [-0.25, -0.2) is 0 Å². The van der Waals surface area contributed by atoms with E-state index in [0.717, 1.165) is 0 Å². The van der Waals surface area contributed by atoms with Crippen LogP contribution in [0, 0.1) is 11.3 Å². The lowest BCUT2D eigenvalue weighted by molar-refractivity contribution is 0.106. The van der Waals surface area contributed by atoms with Gasteiger partial charge in [0.2, 0.25) is 0 Å². The van der Waals surface area contributed by atoms with Crippen LogP contribution in [0.4, 0.5) is 0 Å². The molecule has 1 aliphatic carbocycles. The Labute approximate surface area is 74.8 Å². The molecular weight excluding hydrogens is 148 g/mol. The number of allylic oxidation sites excluding steroid dienone is 2. The van der Waals surface area contributed by atoms with Crippen LogP contribution in [0.15, 0.2) is 23.8 Å². The van der Waals surface area contributed by atoms with Gasteiger partial charge in [-0.3, -0.25) is 0 Å². The first-order valence-corrected chi connectivity index (χ1v) is 4.46. The molecule has 0 saturated carbocycles. The van der Waals surface area contributed by atoms with Crippen molar-refractivity contribution in [3.63, 3.8) is 0 Å². The van der Waals surface area contributed by atoms with Crippen LogP contribution in [0.2, 0.25) is 0 Å². The number of rotatable bonds is 0. The van der Waals surface area contributed by atoms with Crippen LogP contribution in [-0.2, 0) is 0 Å². The van der Waals surface area contributed by atoms with Crippen molar-refractivity contribution in [2.45, 2.75) is 33.8 Å². The van der Waals surface area contributed by atoms with E-state index in [1.807, 2.05) is 12.2 Å². The van der Waals surface area contributed by atoms with Gasteiger partial charge in [0.05, 0.1) is 6.10 Å². The van der Waals surface area contributed by atoms with Crippen molar-refractivity contribution in [3.8, 4) is 0 Å². The Morgan fingerprint density at radius 1 is 1.33 bits per heavy atom. The van der Waals surface area contributed by atoms with Crippen LogP contribution < -0.4 is 0 Å². The molecule has 1 N–H and O–H groups in total. The van der Waals surface area contributed by atoms with E-state index >= 15 is 0 Å². The summed E-state index contributed by atoms with van der Waals surface area (Å²) in [5, 5.41) is 9.69. The molecule has 12 heavy (non-hydrogen) atoms. The Kier molecular flexibility index (Phi) is 2.43. The van der Waals surface area contributed by atoms with Crippen LogP contribution in [0.25, 0.3) is 0 Å². The largest absolute Gasteiger partial charge is 0.388 e. The maximum absolute atomic E-state index is 9.69. The third-order valence-corrected chi connectivity index (χ3v) is 2.37. The summed E-state index contributed by atoms with van der Waals surface area (Å²) in [5.41, 5.74) is 1.39. The van der Waals surface area contributed by atoms with E-state index in [4.69, 9.17) is 0 Å². The second-order valence-corrected chi connectivity index (χ2v) is 4.65. The monoisotopic (exact) mass is 166 g/mol. The van der Waals surface area contributed by atoms with Crippen molar-refractivity contribution in [3.05, 3.63) is 23.8 Å². The summed E-state index contributed by atoms with van der Waals surface area (Å²) in [6, 6.07) is 0. The van der Waals surface area contributed by atoms with E-state index in [0.29, 0.717) is 0 Å². The van der Waals surface area contributed by atoms with Crippen LogP contribution >= 0.6 is 0 Å². The first-order chi connectivity index (χ1) is 5.41. The molecule has 1 heteroatoms. The van der Waals surface area contributed by atoms with Crippen LogP contribution in [0.3, 0.4) is 0 Å². The van der Waals surface area contributed by atoms with Gasteiger partial charge in [0.1, 0.15) is 0 Å². The summed E-state index contributed by atoms with van der Waals surface area (Å²) < 4.78 is 0. The van der Waals surface area contributed by atoms with E-state index in [1.165, 1.54) is 5.57 Å². The van der Waals surface area contributed by atoms with Gasteiger partial charge in [-0.1, -0.05) is 44.6 Å². The van der Waals surface area contributed by atoms with Crippen LogP contribution in [-0.4, -0.2) is 11.2 Å². The fourth-order valence-corrected chi connectivity index (χ4v) is 1.57. The fraction of sp³-hybridized carbons (Fsp3) is 0.636. The van der Waals surface area contributed by atoms with Gasteiger partial charge in [0.25, 0.3) is 0 Å². The highest BCUT2D eigenvalue weighted by molar-refractivity contribution is 5.25. The molecule has 0 aromatic rings. The fourth-order valence-electron chi connectivity index (χ4n) is 1.57. The summed E-state index contributed by atoms with van der Waals surface area (Å²) in [6.07, 6.45) is 5.71. The van der Waals surface area contributed by atoms with Gasteiger partial charge >= 0.3 is 0 Å². The van der Waals surface area contributed by atoms with E-state index < -0.39 is 0 Å². The van der Waals surface area contributed by atoms with Crippen LogP contribution in [0.5, 0.6) is 0 Å². The molecule has 0 aromatic heterocycles. The first-order valence-electron chi connectivity index (χ1n) is 4.46. The Hall–Kier alpha value is -0.560. The Morgan fingerprint density at radius 2 is 1.92 bits per heavy atom. The number of aliphatic hydroxyl groups is 1. The molecule has 1 rings (SSSR count). The van der Waals surface area contributed by atoms with Crippen LogP contribution in [0.1, 0.15) is 27.7 Å². The Bertz CT molecular complexity index is 218. The van der Waals surface area contributed by atoms with Crippen molar-refractivity contribution in [2.75, 3.05) is 0 Å². The zero-order valence-corrected chi connectivity index (χ0v) is 8.33. The third kappa shape index (κ3) is 1.98. The summed E-state index contributed by atoms with van der Waals surface area (Å²) in [7, 11) is 0. The zero-order valence-electron chi connectivity index (χ0n) is 8.33. The highest BCUT2D eigenvalue weighted by atomic mass is 16.3. The van der Waals surface area contributed by atoms with Gasteiger partial charge in [0.15, 0.2) is 0 Å². The maximum Gasteiger partial charge on any atom is 0.0791 e. The molecule has 1 aliphatic rings. The number of hydrogen-bond donors (Lipinski definition) is 1. The predicted octanol–water partition coefficient (Wildman–Crippen LogP) is 2.53. The molecule has 0 fully saturated rings. The topological polar surface area (TPSA) is 20.2 Å². The SMILES string of the molecule is CC1=CC(C(C)(C)C)C(O)C=C1. The lowest BCUT2D eigenvalue weighted by Gasteiger charge is -2.33. The molecule has 0 spiro atoms. The second-order valence-electron chi connectivity index (χ2n) is 4.65. The number of hydrogen-bond acceptors (Lipinski definition) is 1. The molecule has 1 nitrogen and oxygen atoms in total. The van der Waals surface area contributed by atoms with E-state index in [9.17, 15) is 5.11 Å². The molecule has 0 saturated heterocycles.